The van der Waals surface area contributed by atoms with Gasteiger partial charge in [-0.05, 0) is 37.5 Å². The van der Waals surface area contributed by atoms with E-state index in [0.29, 0.717) is 11.5 Å². The summed E-state index contributed by atoms with van der Waals surface area (Å²) >= 11 is 0. The van der Waals surface area contributed by atoms with Crippen LogP contribution in [0.4, 0.5) is 0 Å². The molecule has 5 heteroatoms. The summed E-state index contributed by atoms with van der Waals surface area (Å²) in [6.45, 7) is 8.68. The first-order valence-corrected chi connectivity index (χ1v) is 8.91. The van der Waals surface area contributed by atoms with Crippen LogP contribution in [0, 0.1) is 11.3 Å². The van der Waals surface area contributed by atoms with Gasteiger partial charge in [-0.15, -0.1) is 0 Å². The molecule has 24 heavy (non-hydrogen) atoms. The van der Waals surface area contributed by atoms with Crippen molar-refractivity contribution in [2.45, 2.75) is 32.4 Å². The molecule has 0 N–H and O–H groups in total. The Morgan fingerprint density at radius 2 is 1.71 bits per heavy atom. The standard InChI is InChI=1S/C19H26N4O/c1-16(19(24)23-8-2-3-9-23)22-12-10-21(11-13-22)15-18-6-4-17(14-20)5-7-18/h4-7,16H,2-3,8-13,15H2,1H3/t16-/m0/s1. The second kappa shape index (κ2) is 7.78. The van der Waals surface area contributed by atoms with Crippen molar-refractivity contribution < 1.29 is 4.79 Å². The topological polar surface area (TPSA) is 50.6 Å². The van der Waals surface area contributed by atoms with E-state index in [1.807, 2.05) is 29.2 Å². The summed E-state index contributed by atoms with van der Waals surface area (Å²) in [5, 5.41) is 8.86. The van der Waals surface area contributed by atoms with E-state index in [9.17, 15) is 4.79 Å². The first-order chi connectivity index (χ1) is 11.7. The summed E-state index contributed by atoms with van der Waals surface area (Å²) in [6, 6.07) is 9.97. The van der Waals surface area contributed by atoms with Crippen LogP contribution in [0.15, 0.2) is 24.3 Å². The molecular weight excluding hydrogens is 300 g/mol. The summed E-state index contributed by atoms with van der Waals surface area (Å²) < 4.78 is 0. The number of hydrogen-bond donors (Lipinski definition) is 0. The van der Waals surface area contributed by atoms with Crippen molar-refractivity contribution >= 4 is 5.91 Å². The number of benzene rings is 1. The van der Waals surface area contributed by atoms with Gasteiger partial charge in [-0.25, -0.2) is 0 Å². The number of amides is 1. The summed E-state index contributed by atoms with van der Waals surface area (Å²) in [6.07, 6.45) is 2.30. The number of likely N-dealkylation sites (tertiary alicyclic amines) is 1. The SMILES string of the molecule is C[C@@H](C(=O)N1CCCC1)N1CCN(Cc2ccc(C#N)cc2)CC1. The lowest BCUT2D eigenvalue weighted by Crippen LogP contribution is -2.54. The Labute approximate surface area is 144 Å². The van der Waals surface area contributed by atoms with Crippen LogP contribution in [-0.2, 0) is 11.3 Å². The highest BCUT2D eigenvalue weighted by molar-refractivity contribution is 5.81. The maximum Gasteiger partial charge on any atom is 0.239 e. The van der Waals surface area contributed by atoms with Crippen molar-refractivity contribution in [1.29, 1.82) is 5.26 Å². The molecule has 0 spiro atoms. The molecule has 0 aromatic heterocycles. The second-order valence-corrected chi connectivity index (χ2v) is 6.83. The van der Waals surface area contributed by atoms with E-state index >= 15 is 0 Å². The Hall–Kier alpha value is -1.90. The van der Waals surface area contributed by atoms with Gasteiger partial charge in [0.05, 0.1) is 17.7 Å². The lowest BCUT2D eigenvalue weighted by atomic mass is 10.1. The normalized spacial score (nSPS) is 20.8. The minimum Gasteiger partial charge on any atom is -0.341 e. The molecule has 1 aromatic rings. The van der Waals surface area contributed by atoms with Gasteiger partial charge in [-0.1, -0.05) is 12.1 Å². The van der Waals surface area contributed by atoms with Crippen molar-refractivity contribution in [1.82, 2.24) is 14.7 Å². The fourth-order valence-electron chi connectivity index (χ4n) is 3.61. The molecule has 0 aliphatic carbocycles. The zero-order chi connectivity index (χ0) is 16.9. The molecule has 5 nitrogen and oxygen atoms in total. The van der Waals surface area contributed by atoms with E-state index in [1.165, 1.54) is 5.56 Å². The number of rotatable bonds is 4. The Balaban J connectivity index is 1.48. The number of carbonyl (C=O) groups is 1. The summed E-state index contributed by atoms with van der Waals surface area (Å²) in [5.41, 5.74) is 1.95. The average Bonchev–Trinajstić information content (AvgIpc) is 3.16. The third-order valence-electron chi connectivity index (χ3n) is 5.22. The number of hydrogen-bond acceptors (Lipinski definition) is 4. The third kappa shape index (κ3) is 3.95. The van der Waals surface area contributed by atoms with Gasteiger partial charge in [0.15, 0.2) is 0 Å². The lowest BCUT2D eigenvalue weighted by Gasteiger charge is -2.38. The van der Waals surface area contributed by atoms with Crippen LogP contribution in [0.1, 0.15) is 30.9 Å². The Morgan fingerprint density at radius 1 is 1.08 bits per heavy atom. The van der Waals surface area contributed by atoms with Crippen LogP contribution < -0.4 is 0 Å². The predicted molar refractivity (Wildman–Crippen MR) is 93.3 cm³/mol. The van der Waals surface area contributed by atoms with Gasteiger partial charge in [0.1, 0.15) is 0 Å². The second-order valence-electron chi connectivity index (χ2n) is 6.83. The van der Waals surface area contributed by atoms with E-state index in [-0.39, 0.29) is 6.04 Å². The molecule has 3 rings (SSSR count). The molecule has 0 radical (unpaired) electrons. The lowest BCUT2D eigenvalue weighted by molar-refractivity contribution is -0.136. The van der Waals surface area contributed by atoms with E-state index in [2.05, 4.69) is 22.8 Å². The first-order valence-electron chi connectivity index (χ1n) is 8.91. The van der Waals surface area contributed by atoms with Crippen LogP contribution in [0.5, 0.6) is 0 Å². The quantitative estimate of drug-likeness (QED) is 0.845. The number of nitriles is 1. The van der Waals surface area contributed by atoms with Crippen LogP contribution in [0.3, 0.4) is 0 Å². The molecule has 2 aliphatic heterocycles. The van der Waals surface area contributed by atoms with Crippen molar-refractivity contribution in [3.8, 4) is 6.07 Å². The molecule has 2 fully saturated rings. The fourth-order valence-corrected chi connectivity index (χ4v) is 3.61. The molecule has 2 heterocycles. The van der Waals surface area contributed by atoms with Gasteiger partial charge in [0.25, 0.3) is 0 Å². The van der Waals surface area contributed by atoms with Crippen molar-refractivity contribution in [3.63, 3.8) is 0 Å². The smallest absolute Gasteiger partial charge is 0.239 e. The van der Waals surface area contributed by atoms with Gasteiger partial charge in [-0.3, -0.25) is 14.6 Å². The largest absolute Gasteiger partial charge is 0.341 e. The minimum atomic E-state index is 0.000150. The zero-order valence-electron chi connectivity index (χ0n) is 14.4. The van der Waals surface area contributed by atoms with Gasteiger partial charge >= 0.3 is 0 Å². The van der Waals surface area contributed by atoms with Gasteiger partial charge in [-0.2, -0.15) is 5.26 Å². The molecule has 0 bridgehead atoms. The minimum absolute atomic E-state index is 0.000150. The monoisotopic (exact) mass is 326 g/mol. The fraction of sp³-hybridized carbons (Fsp3) is 0.579. The van der Waals surface area contributed by atoms with Crippen molar-refractivity contribution in [3.05, 3.63) is 35.4 Å². The molecular formula is C19H26N4O. The molecule has 128 valence electrons. The Morgan fingerprint density at radius 3 is 2.29 bits per heavy atom. The maximum atomic E-state index is 12.5. The van der Waals surface area contributed by atoms with E-state index in [1.54, 1.807) is 0 Å². The van der Waals surface area contributed by atoms with Gasteiger partial charge in [0.2, 0.25) is 5.91 Å². The van der Waals surface area contributed by atoms with Gasteiger partial charge in [0, 0.05) is 45.8 Å². The zero-order valence-corrected chi connectivity index (χ0v) is 14.4. The van der Waals surface area contributed by atoms with Gasteiger partial charge < -0.3 is 4.90 Å². The Bertz CT molecular complexity index is 593. The Kier molecular flexibility index (Phi) is 5.49. The highest BCUT2D eigenvalue weighted by atomic mass is 16.2. The molecule has 0 unspecified atom stereocenters. The predicted octanol–water partition coefficient (Wildman–Crippen LogP) is 1.69. The first kappa shape index (κ1) is 16.9. The van der Waals surface area contributed by atoms with Crippen LogP contribution >= 0.6 is 0 Å². The van der Waals surface area contributed by atoms with Crippen LogP contribution in [-0.4, -0.2) is 65.9 Å². The summed E-state index contributed by atoms with van der Waals surface area (Å²) in [7, 11) is 0. The van der Waals surface area contributed by atoms with E-state index in [4.69, 9.17) is 5.26 Å². The number of carbonyl (C=O) groups excluding carboxylic acids is 1. The highest BCUT2D eigenvalue weighted by Gasteiger charge is 2.29. The van der Waals surface area contributed by atoms with E-state index < -0.39 is 0 Å². The maximum absolute atomic E-state index is 12.5. The molecule has 2 saturated heterocycles. The molecule has 1 atom stereocenters. The van der Waals surface area contributed by atoms with Crippen molar-refractivity contribution in [2.75, 3.05) is 39.3 Å². The van der Waals surface area contributed by atoms with Crippen molar-refractivity contribution in [2.24, 2.45) is 0 Å². The van der Waals surface area contributed by atoms with E-state index in [0.717, 1.165) is 58.7 Å². The summed E-state index contributed by atoms with van der Waals surface area (Å²) in [4.78, 5) is 19.3. The molecule has 1 amide bonds. The molecule has 0 saturated carbocycles. The summed E-state index contributed by atoms with van der Waals surface area (Å²) in [5.74, 6) is 0.299. The number of nitrogens with zero attached hydrogens (tertiary/aromatic N) is 4. The van der Waals surface area contributed by atoms with Crippen LogP contribution in [0.2, 0.25) is 0 Å². The molecule has 1 aromatic carbocycles. The molecule has 2 aliphatic rings. The third-order valence-corrected chi connectivity index (χ3v) is 5.22. The highest BCUT2D eigenvalue weighted by Crippen LogP contribution is 2.15. The average molecular weight is 326 g/mol. The number of piperazine rings is 1. The van der Waals surface area contributed by atoms with Crippen LogP contribution in [0.25, 0.3) is 0 Å².